The standard InChI is InChI=1S/C21H16F3NO6S/c1-29-14-11-16-15(9-6-10-18(16)30-2)17(12-14)20(26)19(13-7-4-3-5-8-13)25-31-32(27,28)21(22,23)24/h3-12H,1-2H3/b25-19+. The second-order valence-corrected chi connectivity index (χ2v) is 7.86. The average Bonchev–Trinajstić information content (AvgIpc) is 2.77. The molecule has 0 aliphatic heterocycles. The molecular weight excluding hydrogens is 451 g/mol. The molecule has 0 N–H and O–H groups in total. The first-order valence-electron chi connectivity index (χ1n) is 8.92. The monoisotopic (exact) mass is 467 g/mol. The van der Waals surface area contributed by atoms with Gasteiger partial charge < -0.3 is 9.47 Å². The van der Waals surface area contributed by atoms with Gasteiger partial charge in [0.1, 0.15) is 11.5 Å². The van der Waals surface area contributed by atoms with Crippen LogP contribution in [0, 0.1) is 0 Å². The lowest BCUT2D eigenvalue weighted by Gasteiger charge is -2.13. The molecule has 0 fully saturated rings. The molecule has 7 nitrogen and oxygen atoms in total. The quantitative estimate of drug-likeness (QED) is 0.223. The van der Waals surface area contributed by atoms with E-state index in [1.54, 1.807) is 30.3 Å². The predicted octanol–water partition coefficient (Wildman–Crippen LogP) is 4.31. The molecule has 32 heavy (non-hydrogen) atoms. The highest BCUT2D eigenvalue weighted by molar-refractivity contribution is 7.87. The highest BCUT2D eigenvalue weighted by Crippen LogP contribution is 2.33. The largest absolute Gasteiger partial charge is 0.536 e. The Labute approximate surface area is 181 Å². The Morgan fingerprint density at radius 3 is 2.19 bits per heavy atom. The van der Waals surface area contributed by atoms with Crippen LogP contribution in [0.25, 0.3) is 10.8 Å². The topological polar surface area (TPSA) is 91.3 Å². The van der Waals surface area contributed by atoms with Gasteiger partial charge in [-0.25, -0.2) is 0 Å². The van der Waals surface area contributed by atoms with Crippen molar-refractivity contribution in [2.75, 3.05) is 14.2 Å². The van der Waals surface area contributed by atoms with Crippen molar-refractivity contribution in [2.24, 2.45) is 5.16 Å². The van der Waals surface area contributed by atoms with Gasteiger partial charge in [0.2, 0.25) is 5.78 Å². The van der Waals surface area contributed by atoms with Crippen molar-refractivity contribution in [1.82, 2.24) is 0 Å². The number of alkyl halides is 3. The number of Topliss-reactive ketones (excluding diaryl/α,β-unsaturated/α-hetero) is 1. The number of methoxy groups -OCH3 is 2. The number of oxime groups is 1. The minimum atomic E-state index is -6.07. The number of ketones is 1. The first-order chi connectivity index (χ1) is 15.1. The third kappa shape index (κ3) is 4.52. The average molecular weight is 467 g/mol. The molecule has 3 rings (SSSR count). The fraction of sp³-hybridized carbons (Fsp3) is 0.143. The van der Waals surface area contributed by atoms with Crippen molar-refractivity contribution in [3.05, 3.63) is 71.8 Å². The van der Waals surface area contributed by atoms with Crippen LogP contribution in [-0.4, -0.2) is 39.6 Å². The number of hydrogen-bond acceptors (Lipinski definition) is 7. The zero-order valence-electron chi connectivity index (χ0n) is 16.7. The Hall–Kier alpha value is -3.60. The van der Waals surface area contributed by atoms with Crippen molar-refractivity contribution >= 4 is 32.4 Å². The molecule has 0 aromatic heterocycles. The molecule has 0 heterocycles. The van der Waals surface area contributed by atoms with E-state index in [0.717, 1.165) is 0 Å². The lowest BCUT2D eigenvalue weighted by atomic mass is 9.95. The third-order valence-corrected chi connectivity index (χ3v) is 5.24. The zero-order chi connectivity index (χ0) is 23.5. The van der Waals surface area contributed by atoms with Crippen LogP contribution in [0.2, 0.25) is 0 Å². The second kappa shape index (κ2) is 8.87. The number of nitrogens with zero attached hydrogens (tertiary/aromatic N) is 1. The summed E-state index contributed by atoms with van der Waals surface area (Å²) in [4.78, 5) is 13.4. The molecule has 3 aromatic carbocycles. The first kappa shape index (κ1) is 23.1. The number of hydrogen-bond donors (Lipinski definition) is 0. The van der Waals surface area contributed by atoms with E-state index >= 15 is 0 Å². The van der Waals surface area contributed by atoms with Gasteiger partial charge >= 0.3 is 15.6 Å². The SMILES string of the molecule is COc1cc(C(=O)/C(=N/OS(=O)(=O)C(F)(F)F)c2ccccc2)c2cccc(OC)c2c1. The molecule has 3 aromatic rings. The minimum absolute atomic E-state index is 0.00569. The zero-order valence-corrected chi connectivity index (χ0v) is 17.5. The van der Waals surface area contributed by atoms with Gasteiger partial charge in [0.15, 0.2) is 5.71 Å². The van der Waals surface area contributed by atoms with Crippen LogP contribution in [0.1, 0.15) is 15.9 Å². The van der Waals surface area contributed by atoms with E-state index in [1.807, 2.05) is 0 Å². The molecule has 11 heteroatoms. The highest BCUT2D eigenvalue weighted by Gasteiger charge is 2.49. The summed E-state index contributed by atoms with van der Waals surface area (Å²) >= 11 is 0. The Morgan fingerprint density at radius 2 is 1.59 bits per heavy atom. The number of halogens is 3. The molecular formula is C21H16F3NO6S. The van der Waals surface area contributed by atoms with E-state index in [-0.39, 0.29) is 16.9 Å². The van der Waals surface area contributed by atoms with Crippen LogP contribution < -0.4 is 9.47 Å². The third-order valence-electron chi connectivity index (χ3n) is 4.40. The van der Waals surface area contributed by atoms with E-state index in [2.05, 4.69) is 9.44 Å². The summed E-state index contributed by atoms with van der Waals surface area (Å²) in [7, 11) is -3.26. The van der Waals surface area contributed by atoms with E-state index < -0.39 is 27.1 Å². The van der Waals surface area contributed by atoms with Gasteiger partial charge in [0.05, 0.1) is 14.2 Å². The first-order valence-corrected chi connectivity index (χ1v) is 10.3. The van der Waals surface area contributed by atoms with Gasteiger partial charge in [-0.15, -0.1) is 0 Å². The summed E-state index contributed by atoms with van der Waals surface area (Å²) < 4.78 is 75.2. The summed E-state index contributed by atoms with van der Waals surface area (Å²) in [5.41, 5.74) is -6.31. The number of ether oxygens (including phenoxy) is 2. The highest BCUT2D eigenvalue weighted by atomic mass is 32.2. The van der Waals surface area contributed by atoms with E-state index in [1.165, 1.54) is 44.6 Å². The number of carbonyl (C=O) groups excluding carboxylic acids is 1. The van der Waals surface area contributed by atoms with Gasteiger partial charge in [0.25, 0.3) is 0 Å². The Bertz CT molecular complexity index is 1290. The Morgan fingerprint density at radius 1 is 0.906 bits per heavy atom. The van der Waals surface area contributed by atoms with Gasteiger partial charge in [-0.3, -0.25) is 9.08 Å². The Kier molecular flexibility index (Phi) is 6.40. The lowest BCUT2D eigenvalue weighted by Crippen LogP contribution is -2.25. The molecule has 0 aliphatic carbocycles. The summed E-state index contributed by atoms with van der Waals surface area (Å²) in [6, 6.07) is 15.2. The van der Waals surface area contributed by atoms with Crippen molar-refractivity contribution in [3.63, 3.8) is 0 Å². The summed E-state index contributed by atoms with van der Waals surface area (Å²) in [5.74, 6) is -0.197. The molecule has 0 unspecified atom stereocenters. The van der Waals surface area contributed by atoms with Crippen LogP contribution in [0.15, 0.2) is 65.8 Å². The van der Waals surface area contributed by atoms with Crippen LogP contribution >= 0.6 is 0 Å². The second-order valence-electron chi connectivity index (χ2n) is 6.34. The maximum Gasteiger partial charge on any atom is 0.536 e. The molecule has 168 valence electrons. The van der Waals surface area contributed by atoms with Crippen molar-refractivity contribution < 1.29 is 40.1 Å². The number of fused-ring (bicyclic) bond motifs is 1. The van der Waals surface area contributed by atoms with Crippen molar-refractivity contribution in [3.8, 4) is 11.5 Å². The van der Waals surface area contributed by atoms with Crippen molar-refractivity contribution in [1.29, 1.82) is 0 Å². The molecule has 0 aliphatic rings. The fourth-order valence-corrected chi connectivity index (χ4v) is 3.15. The molecule has 0 amide bonds. The van der Waals surface area contributed by atoms with Gasteiger partial charge in [-0.05, 0) is 23.6 Å². The number of benzene rings is 3. The Balaban J connectivity index is 2.22. The molecule has 0 saturated carbocycles. The number of carbonyl (C=O) groups is 1. The van der Waals surface area contributed by atoms with Crippen LogP contribution in [0.3, 0.4) is 0 Å². The fourth-order valence-electron chi connectivity index (χ4n) is 2.89. The molecule has 0 atom stereocenters. The normalized spacial score (nSPS) is 12.5. The van der Waals surface area contributed by atoms with Crippen molar-refractivity contribution in [2.45, 2.75) is 5.51 Å². The molecule has 0 bridgehead atoms. The summed E-state index contributed by atoms with van der Waals surface area (Å²) in [5, 5.41) is 3.98. The smallest absolute Gasteiger partial charge is 0.497 e. The molecule has 0 radical (unpaired) electrons. The summed E-state index contributed by atoms with van der Waals surface area (Å²) in [6.45, 7) is 0. The molecule has 0 saturated heterocycles. The number of rotatable bonds is 7. The van der Waals surface area contributed by atoms with E-state index in [0.29, 0.717) is 16.5 Å². The van der Waals surface area contributed by atoms with Gasteiger partial charge in [0, 0.05) is 16.5 Å². The van der Waals surface area contributed by atoms with E-state index in [9.17, 15) is 26.4 Å². The van der Waals surface area contributed by atoms with Gasteiger partial charge in [-0.1, -0.05) is 47.6 Å². The van der Waals surface area contributed by atoms with Crippen LogP contribution in [0.5, 0.6) is 11.5 Å². The predicted molar refractivity (Wildman–Crippen MR) is 110 cm³/mol. The van der Waals surface area contributed by atoms with E-state index in [4.69, 9.17) is 9.47 Å². The molecule has 0 spiro atoms. The maximum atomic E-state index is 13.4. The lowest BCUT2D eigenvalue weighted by molar-refractivity contribution is -0.0540. The van der Waals surface area contributed by atoms with Crippen LogP contribution in [0.4, 0.5) is 13.2 Å². The maximum absolute atomic E-state index is 13.4. The minimum Gasteiger partial charge on any atom is -0.497 e. The summed E-state index contributed by atoms with van der Waals surface area (Å²) in [6.07, 6.45) is 0. The van der Waals surface area contributed by atoms with Crippen LogP contribution in [-0.2, 0) is 14.4 Å². The van der Waals surface area contributed by atoms with Gasteiger partial charge in [-0.2, -0.15) is 21.6 Å².